The van der Waals surface area contributed by atoms with E-state index in [2.05, 4.69) is 0 Å². The summed E-state index contributed by atoms with van der Waals surface area (Å²) in [6.07, 6.45) is 1.43. The largest absolute Gasteiger partial charge is 0.493 e. The lowest BCUT2D eigenvalue weighted by molar-refractivity contribution is -0.143. The fourth-order valence-electron chi connectivity index (χ4n) is 1.34. The molecule has 1 atom stereocenters. The smallest absolute Gasteiger partial charge is 0.378 e. The zero-order valence-corrected chi connectivity index (χ0v) is 8.12. The Kier molecular flexibility index (Phi) is 3.17. The minimum Gasteiger partial charge on any atom is -0.493 e. The van der Waals surface area contributed by atoms with Crippen LogP contribution in [0.2, 0.25) is 0 Å². The number of esters is 1. The number of carbonyl (C=O) groups is 1. The number of hydrogen-bond acceptors (Lipinski definition) is 4. The summed E-state index contributed by atoms with van der Waals surface area (Å²) in [4.78, 5) is 11.2. The summed E-state index contributed by atoms with van der Waals surface area (Å²) in [5.74, 6) is 0.271. The van der Waals surface area contributed by atoms with Gasteiger partial charge in [-0.3, -0.25) is 0 Å². The second-order valence-electron chi connectivity index (χ2n) is 2.78. The second kappa shape index (κ2) is 4.16. The molecule has 13 heavy (non-hydrogen) atoms. The van der Waals surface area contributed by atoms with Gasteiger partial charge in [0.25, 0.3) is 0 Å². The van der Waals surface area contributed by atoms with Gasteiger partial charge >= 0.3 is 5.97 Å². The third-order valence-electron chi connectivity index (χ3n) is 1.93. The Morgan fingerprint density at radius 3 is 2.54 bits per heavy atom. The zero-order valence-electron chi connectivity index (χ0n) is 8.12. The molecule has 4 nitrogen and oxygen atoms in total. The van der Waals surface area contributed by atoms with E-state index in [9.17, 15) is 4.79 Å². The summed E-state index contributed by atoms with van der Waals surface area (Å²) in [7, 11) is 2.95. The van der Waals surface area contributed by atoms with Crippen molar-refractivity contribution in [3.8, 4) is 0 Å². The third kappa shape index (κ3) is 1.76. The lowest BCUT2D eigenvalue weighted by atomic mass is 10.2. The highest BCUT2D eigenvalue weighted by Gasteiger charge is 2.35. The maximum absolute atomic E-state index is 11.2. The normalized spacial score (nSPS) is 21.8. The second-order valence-corrected chi connectivity index (χ2v) is 2.78. The van der Waals surface area contributed by atoms with Gasteiger partial charge in [-0.05, 0) is 6.42 Å². The number of rotatable bonds is 4. The van der Waals surface area contributed by atoms with Gasteiger partial charge in [-0.2, -0.15) is 0 Å². The summed E-state index contributed by atoms with van der Waals surface area (Å²) in [6, 6.07) is 0. The lowest BCUT2D eigenvalue weighted by Gasteiger charge is -2.10. The maximum Gasteiger partial charge on any atom is 0.378 e. The average Bonchev–Trinajstić information content (AvgIpc) is 2.41. The molecule has 0 spiro atoms. The average molecular weight is 186 g/mol. The molecule has 0 bridgehead atoms. The van der Waals surface area contributed by atoms with Crippen molar-refractivity contribution in [3.05, 3.63) is 11.5 Å². The molecule has 0 aromatic rings. The number of cyclic esters (lactones) is 1. The fourth-order valence-corrected chi connectivity index (χ4v) is 1.34. The Hall–Kier alpha value is -1.19. The zero-order chi connectivity index (χ0) is 9.84. The van der Waals surface area contributed by atoms with Crippen molar-refractivity contribution in [1.82, 2.24) is 0 Å². The molecule has 0 amide bonds. The Morgan fingerprint density at radius 1 is 1.38 bits per heavy atom. The van der Waals surface area contributed by atoms with Gasteiger partial charge in [-0.25, -0.2) is 4.79 Å². The van der Waals surface area contributed by atoms with E-state index in [0.717, 1.165) is 12.8 Å². The van der Waals surface area contributed by atoms with Crippen LogP contribution in [0.5, 0.6) is 0 Å². The van der Waals surface area contributed by atoms with Crippen molar-refractivity contribution in [1.29, 1.82) is 0 Å². The minimum atomic E-state index is -0.433. The van der Waals surface area contributed by atoms with E-state index in [-0.39, 0.29) is 11.9 Å². The van der Waals surface area contributed by atoms with Crippen LogP contribution in [0.1, 0.15) is 19.8 Å². The first kappa shape index (κ1) is 9.89. The molecular formula is C9H14O4. The molecule has 0 aromatic heterocycles. The quantitative estimate of drug-likeness (QED) is 0.619. The van der Waals surface area contributed by atoms with Gasteiger partial charge in [0.15, 0.2) is 11.9 Å². The molecule has 1 aliphatic rings. The van der Waals surface area contributed by atoms with E-state index in [4.69, 9.17) is 14.2 Å². The van der Waals surface area contributed by atoms with E-state index in [1.807, 2.05) is 6.92 Å². The van der Waals surface area contributed by atoms with Crippen molar-refractivity contribution in [2.75, 3.05) is 14.2 Å². The molecule has 1 aliphatic heterocycles. The fraction of sp³-hybridized carbons (Fsp3) is 0.667. The van der Waals surface area contributed by atoms with Crippen LogP contribution in [-0.4, -0.2) is 26.3 Å². The predicted molar refractivity (Wildman–Crippen MR) is 45.8 cm³/mol. The van der Waals surface area contributed by atoms with Crippen LogP contribution < -0.4 is 0 Å². The first-order chi connectivity index (χ1) is 6.24. The van der Waals surface area contributed by atoms with Gasteiger partial charge in [-0.15, -0.1) is 0 Å². The van der Waals surface area contributed by atoms with E-state index >= 15 is 0 Å². The van der Waals surface area contributed by atoms with E-state index in [1.165, 1.54) is 14.2 Å². The molecule has 0 aliphatic carbocycles. The summed E-state index contributed by atoms with van der Waals surface area (Å²) >= 11 is 0. The van der Waals surface area contributed by atoms with Gasteiger partial charge in [0.2, 0.25) is 5.76 Å². The Bertz CT molecular complexity index is 232. The standard InChI is InChI=1S/C9H14O4/c1-4-5-6-7(11-2)8(12-3)9(10)13-6/h6H,4-5H2,1-3H3. The van der Waals surface area contributed by atoms with Crippen LogP contribution in [0.15, 0.2) is 11.5 Å². The Labute approximate surface area is 77.5 Å². The number of hydrogen-bond donors (Lipinski definition) is 0. The van der Waals surface area contributed by atoms with E-state index < -0.39 is 5.97 Å². The van der Waals surface area contributed by atoms with Gasteiger partial charge in [0, 0.05) is 0 Å². The van der Waals surface area contributed by atoms with Gasteiger partial charge in [-0.1, -0.05) is 13.3 Å². The summed E-state index contributed by atoms with van der Waals surface area (Å²) < 4.78 is 15.0. The van der Waals surface area contributed by atoms with Crippen LogP contribution >= 0.6 is 0 Å². The van der Waals surface area contributed by atoms with Gasteiger partial charge < -0.3 is 14.2 Å². The van der Waals surface area contributed by atoms with Crippen molar-refractivity contribution < 1.29 is 19.0 Å². The molecule has 0 saturated carbocycles. The molecule has 1 heterocycles. The minimum absolute atomic E-state index is 0.195. The SMILES string of the molecule is CCCC1OC(=O)C(OC)=C1OC. The van der Waals surface area contributed by atoms with Crippen molar-refractivity contribution in [3.63, 3.8) is 0 Å². The van der Waals surface area contributed by atoms with Gasteiger partial charge in [0.05, 0.1) is 14.2 Å². The van der Waals surface area contributed by atoms with Crippen molar-refractivity contribution >= 4 is 5.97 Å². The molecule has 4 heteroatoms. The Morgan fingerprint density at radius 2 is 2.08 bits per heavy atom. The number of carbonyl (C=O) groups excluding carboxylic acids is 1. The van der Waals surface area contributed by atoms with E-state index in [1.54, 1.807) is 0 Å². The molecular weight excluding hydrogens is 172 g/mol. The highest BCUT2D eigenvalue weighted by atomic mass is 16.6. The molecule has 0 aromatic carbocycles. The molecule has 74 valence electrons. The summed E-state index contributed by atoms with van der Waals surface area (Å²) in [5, 5.41) is 0. The highest BCUT2D eigenvalue weighted by molar-refractivity contribution is 5.89. The third-order valence-corrected chi connectivity index (χ3v) is 1.93. The Balaban J connectivity index is 2.82. The predicted octanol–water partition coefficient (Wildman–Crippen LogP) is 1.22. The van der Waals surface area contributed by atoms with Crippen molar-refractivity contribution in [2.45, 2.75) is 25.9 Å². The summed E-state index contributed by atoms with van der Waals surface area (Å²) in [5.41, 5.74) is 0. The first-order valence-electron chi connectivity index (χ1n) is 4.27. The molecule has 0 fully saturated rings. The highest BCUT2D eigenvalue weighted by Crippen LogP contribution is 2.26. The molecule has 0 saturated heterocycles. The number of ether oxygens (including phenoxy) is 3. The van der Waals surface area contributed by atoms with Crippen LogP contribution in [0, 0.1) is 0 Å². The van der Waals surface area contributed by atoms with E-state index in [0.29, 0.717) is 5.76 Å². The van der Waals surface area contributed by atoms with Crippen LogP contribution in [0.3, 0.4) is 0 Å². The molecule has 0 N–H and O–H groups in total. The number of methoxy groups -OCH3 is 2. The monoisotopic (exact) mass is 186 g/mol. The van der Waals surface area contributed by atoms with Crippen molar-refractivity contribution in [2.24, 2.45) is 0 Å². The molecule has 1 rings (SSSR count). The first-order valence-corrected chi connectivity index (χ1v) is 4.27. The van der Waals surface area contributed by atoms with Crippen LogP contribution in [0.25, 0.3) is 0 Å². The lowest BCUT2D eigenvalue weighted by Crippen LogP contribution is -2.11. The summed E-state index contributed by atoms with van der Waals surface area (Å²) in [6.45, 7) is 2.02. The molecule has 0 radical (unpaired) electrons. The molecule has 1 unspecified atom stereocenters. The van der Waals surface area contributed by atoms with Crippen LogP contribution in [0.4, 0.5) is 0 Å². The topological polar surface area (TPSA) is 44.8 Å². The van der Waals surface area contributed by atoms with Gasteiger partial charge in [0.1, 0.15) is 0 Å². The maximum atomic E-state index is 11.2. The van der Waals surface area contributed by atoms with Crippen LogP contribution in [-0.2, 0) is 19.0 Å².